The lowest BCUT2D eigenvalue weighted by Gasteiger charge is -2.42. The van der Waals surface area contributed by atoms with Crippen molar-refractivity contribution in [3.8, 4) is 11.1 Å². The Hall–Kier alpha value is -4.41. The Balaban J connectivity index is 1.06. The molecule has 2 aliphatic rings. The van der Waals surface area contributed by atoms with Crippen LogP contribution >= 0.6 is 11.6 Å². The summed E-state index contributed by atoms with van der Waals surface area (Å²) in [7, 11) is 0. The summed E-state index contributed by atoms with van der Waals surface area (Å²) in [6, 6.07) is 35.2. The maximum Gasteiger partial charge on any atom is 0.253 e. The molecule has 0 aliphatic carbocycles. The van der Waals surface area contributed by atoms with Crippen LogP contribution in [0.4, 0.5) is 0 Å². The largest absolute Gasteiger partial charge is 0.392 e. The molecule has 8 nitrogen and oxygen atoms in total. The minimum atomic E-state index is -0.873. The van der Waals surface area contributed by atoms with E-state index in [0.717, 1.165) is 58.6 Å². The van der Waals surface area contributed by atoms with Gasteiger partial charge in [-0.25, -0.2) is 0 Å². The van der Waals surface area contributed by atoms with E-state index in [0.29, 0.717) is 36.4 Å². The van der Waals surface area contributed by atoms with E-state index in [1.165, 1.54) is 0 Å². The number of hydrogen-bond donors (Lipinski definition) is 3. The smallest absolute Gasteiger partial charge is 0.253 e. The summed E-state index contributed by atoms with van der Waals surface area (Å²) in [6.45, 7) is 2.59. The van der Waals surface area contributed by atoms with Crippen LogP contribution in [0.1, 0.15) is 69.8 Å². The Bertz CT molecular complexity index is 1900. The predicted molar refractivity (Wildman–Crippen MR) is 197 cm³/mol. The summed E-state index contributed by atoms with van der Waals surface area (Å²) in [5.41, 5.74) is 6.42. The van der Waals surface area contributed by atoms with Crippen molar-refractivity contribution in [2.45, 2.75) is 56.5 Å². The third kappa shape index (κ3) is 8.39. The number of piperidine rings is 1. The lowest BCUT2D eigenvalue weighted by Crippen LogP contribution is -2.46. The monoisotopic (exact) mass is 703 g/mol. The van der Waals surface area contributed by atoms with Crippen molar-refractivity contribution in [2.75, 3.05) is 19.6 Å². The number of aliphatic hydroxyl groups is 2. The number of rotatable bonds is 10. The Labute approximate surface area is 303 Å². The molecule has 0 unspecified atom stereocenters. The van der Waals surface area contributed by atoms with Crippen LogP contribution in [0.2, 0.25) is 5.02 Å². The zero-order valence-corrected chi connectivity index (χ0v) is 29.1. The third-order valence-electron chi connectivity index (χ3n) is 10.0. The van der Waals surface area contributed by atoms with Crippen molar-refractivity contribution in [3.63, 3.8) is 0 Å². The Morgan fingerprint density at radius 2 is 1.61 bits per heavy atom. The van der Waals surface area contributed by atoms with E-state index >= 15 is 0 Å². The molecule has 4 aromatic carbocycles. The molecule has 5 aromatic rings. The van der Waals surface area contributed by atoms with Crippen LogP contribution in [0, 0.1) is 0 Å². The lowest BCUT2D eigenvalue weighted by atomic mass is 9.84. The van der Waals surface area contributed by atoms with Gasteiger partial charge in [-0.05, 0) is 70.5 Å². The number of aliphatic hydroxyl groups excluding tert-OH is 1. The number of carbonyl (C=O) groups excluding carboxylic acids is 1. The minimum Gasteiger partial charge on any atom is -0.392 e. The summed E-state index contributed by atoms with van der Waals surface area (Å²) in [5, 5.41) is 24.7. The molecular formula is C42H42ClN3O5. The topological polar surface area (TPSA) is 104 Å². The van der Waals surface area contributed by atoms with Gasteiger partial charge in [0.1, 0.15) is 0 Å². The van der Waals surface area contributed by atoms with Gasteiger partial charge < -0.3 is 29.9 Å². The first-order chi connectivity index (χ1) is 24.9. The van der Waals surface area contributed by atoms with Crippen molar-refractivity contribution >= 4 is 17.5 Å². The van der Waals surface area contributed by atoms with Gasteiger partial charge in [-0.3, -0.25) is 9.78 Å². The third-order valence-corrected chi connectivity index (χ3v) is 10.3. The van der Waals surface area contributed by atoms with Gasteiger partial charge in [-0.15, -0.1) is 0 Å². The van der Waals surface area contributed by atoms with E-state index in [9.17, 15) is 15.0 Å². The highest BCUT2D eigenvalue weighted by Gasteiger charge is 2.37. The van der Waals surface area contributed by atoms with Crippen molar-refractivity contribution in [1.29, 1.82) is 0 Å². The first kappa shape index (κ1) is 35.0. The zero-order chi connectivity index (χ0) is 35.2. The van der Waals surface area contributed by atoms with Gasteiger partial charge in [-0.1, -0.05) is 96.5 Å². The second-order valence-corrected chi connectivity index (χ2v) is 13.8. The van der Waals surface area contributed by atoms with Crippen LogP contribution in [0.25, 0.3) is 11.1 Å². The Morgan fingerprint density at radius 1 is 0.882 bits per heavy atom. The summed E-state index contributed by atoms with van der Waals surface area (Å²) >= 11 is 6.10. The maximum absolute atomic E-state index is 12.7. The number of benzene rings is 4. The molecule has 0 bridgehead atoms. The number of aromatic nitrogens is 1. The normalized spacial score (nSPS) is 20.5. The molecule has 2 saturated heterocycles. The number of pyridine rings is 1. The standard InChI is InChI=1S/C42H42ClN3O5/c43-36-17-15-35(16-18-36)42(49)19-22-46(23-20-42)27-37-24-39(31-9-7-29(28-47)8-10-31)51-41(50-37)32-13-11-30(12-14-32)38-6-2-1-4-33(38)26-45-40(48)34-5-3-21-44-25-34/h1-18,21,25,37,39,41,47,49H,19-20,22-24,26-28H2,(H,45,48)/t37-,39+,41+/m1/s1. The molecule has 9 heteroatoms. The van der Waals surface area contributed by atoms with E-state index < -0.39 is 11.9 Å². The fraction of sp³-hybridized carbons (Fsp3) is 0.286. The molecule has 0 saturated carbocycles. The SMILES string of the molecule is O=C(NCc1ccccc1-c1ccc([C@H]2O[C@@H](CN3CCC(O)(c4ccc(Cl)cc4)CC3)C[C@@H](c3ccc(CO)cc3)O2)cc1)c1cccnc1. The van der Waals surface area contributed by atoms with Crippen molar-refractivity contribution in [1.82, 2.24) is 15.2 Å². The Kier molecular flexibility index (Phi) is 10.9. The van der Waals surface area contributed by atoms with E-state index in [2.05, 4.69) is 33.4 Å². The number of nitrogens with one attached hydrogen (secondary N) is 1. The molecule has 51 heavy (non-hydrogen) atoms. The molecule has 0 spiro atoms. The zero-order valence-electron chi connectivity index (χ0n) is 28.3. The first-order valence-corrected chi connectivity index (χ1v) is 17.8. The molecule has 3 atom stereocenters. The fourth-order valence-electron chi connectivity index (χ4n) is 7.03. The molecule has 262 valence electrons. The average molecular weight is 704 g/mol. The van der Waals surface area contributed by atoms with Crippen molar-refractivity contribution in [2.24, 2.45) is 0 Å². The number of carbonyl (C=O) groups is 1. The van der Waals surface area contributed by atoms with Gasteiger partial charge in [0.25, 0.3) is 5.91 Å². The number of amides is 1. The van der Waals surface area contributed by atoms with Gasteiger partial charge >= 0.3 is 0 Å². The van der Waals surface area contributed by atoms with Crippen molar-refractivity contribution < 1.29 is 24.5 Å². The number of ether oxygens (including phenoxy) is 2. The van der Waals surface area contributed by atoms with Gasteiger partial charge in [0.2, 0.25) is 0 Å². The highest BCUT2D eigenvalue weighted by molar-refractivity contribution is 6.30. The molecule has 2 fully saturated rings. The second kappa shape index (κ2) is 15.9. The summed E-state index contributed by atoms with van der Waals surface area (Å²) < 4.78 is 13.3. The van der Waals surface area contributed by atoms with Crippen molar-refractivity contribution in [3.05, 3.63) is 160 Å². The van der Waals surface area contributed by atoms with Crippen LogP contribution in [0.5, 0.6) is 0 Å². The fourth-order valence-corrected chi connectivity index (χ4v) is 7.15. The van der Waals surface area contributed by atoms with Gasteiger partial charge in [0.05, 0.1) is 30.0 Å². The van der Waals surface area contributed by atoms with E-state index in [1.807, 2.05) is 78.9 Å². The molecule has 3 N–H and O–H groups in total. The number of likely N-dealkylation sites (tertiary alicyclic amines) is 1. The van der Waals surface area contributed by atoms with Gasteiger partial charge in [0.15, 0.2) is 6.29 Å². The second-order valence-electron chi connectivity index (χ2n) is 13.4. The summed E-state index contributed by atoms with van der Waals surface area (Å²) in [4.78, 5) is 19.1. The molecule has 1 aromatic heterocycles. The molecular weight excluding hydrogens is 662 g/mol. The van der Waals surface area contributed by atoms with Crippen LogP contribution < -0.4 is 5.32 Å². The summed E-state index contributed by atoms with van der Waals surface area (Å²) in [6.07, 6.45) is 4.27. The quantitative estimate of drug-likeness (QED) is 0.140. The maximum atomic E-state index is 12.7. The van der Waals surface area contributed by atoms with Crippen LogP contribution in [0.3, 0.4) is 0 Å². The number of halogens is 1. The van der Waals surface area contributed by atoms with Gasteiger partial charge in [0, 0.05) is 55.6 Å². The highest BCUT2D eigenvalue weighted by Crippen LogP contribution is 2.40. The van der Waals surface area contributed by atoms with Crippen LogP contribution in [-0.4, -0.2) is 51.7 Å². The molecule has 1 amide bonds. The van der Waals surface area contributed by atoms with E-state index in [4.69, 9.17) is 21.1 Å². The first-order valence-electron chi connectivity index (χ1n) is 17.4. The average Bonchev–Trinajstić information content (AvgIpc) is 3.18. The highest BCUT2D eigenvalue weighted by atomic mass is 35.5. The molecule has 7 rings (SSSR count). The predicted octanol–water partition coefficient (Wildman–Crippen LogP) is 7.35. The van der Waals surface area contributed by atoms with E-state index in [1.54, 1.807) is 24.5 Å². The number of hydrogen-bond acceptors (Lipinski definition) is 7. The lowest BCUT2D eigenvalue weighted by molar-refractivity contribution is -0.253. The molecule has 0 radical (unpaired) electrons. The van der Waals surface area contributed by atoms with Crippen LogP contribution in [0.15, 0.2) is 122 Å². The molecule has 2 aliphatic heterocycles. The minimum absolute atomic E-state index is 0.0101. The number of nitrogens with zero attached hydrogens (tertiary/aromatic N) is 2. The van der Waals surface area contributed by atoms with E-state index in [-0.39, 0.29) is 24.7 Å². The van der Waals surface area contributed by atoms with Gasteiger partial charge in [-0.2, -0.15) is 0 Å². The Morgan fingerprint density at radius 3 is 2.31 bits per heavy atom. The van der Waals surface area contributed by atoms with Crippen LogP contribution in [-0.2, 0) is 28.2 Å². The molecule has 3 heterocycles. The summed E-state index contributed by atoms with van der Waals surface area (Å²) in [5.74, 6) is -0.170.